The van der Waals surface area contributed by atoms with Gasteiger partial charge in [-0.15, -0.1) is 0 Å². The summed E-state index contributed by atoms with van der Waals surface area (Å²) >= 11 is 0. The van der Waals surface area contributed by atoms with E-state index in [1.807, 2.05) is 0 Å². The Kier molecular flexibility index (Phi) is 4.66. The molecule has 4 unspecified atom stereocenters. The lowest BCUT2D eigenvalue weighted by Gasteiger charge is -2.45. The molecule has 0 radical (unpaired) electrons. The van der Waals surface area contributed by atoms with Crippen LogP contribution in [0.2, 0.25) is 0 Å². The number of aryl methyl sites for hydroxylation is 1. The molecule has 1 N–H and O–H groups in total. The van der Waals surface area contributed by atoms with E-state index in [1.54, 1.807) is 5.56 Å². The summed E-state index contributed by atoms with van der Waals surface area (Å²) in [5, 5.41) is 3.64. The van der Waals surface area contributed by atoms with Gasteiger partial charge in [0.15, 0.2) is 0 Å². The van der Waals surface area contributed by atoms with Gasteiger partial charge in [0, 0.05) is 18.1 Å². The first kappa shape index (κ1) is 15.1. The van der Waals surface area contributed by atoms with Gasteiger partial charge in [0.25, 0.3) is 0 Å². The second-order valence-corrected chi connectivity index (χ2v) is 7.02. The zero-order valence-corrected chi connectivity index (χ0v) is 13.8. The highest BCUT2D eigenvalue weighted by atomic mass is 15.2. The smallest absolute Gasteiger partial charge is 0.0478 e. The first-order valence-electron chi connectivity index (χ1n) is 8.73. The Morgan fingerprint density at radius 1 is 1.10 bits per heavy atom. The van der Waals surface area contributed by atoms with E-state index < -0.39 is 0 Å². The molecular formula is C19H30N2. The fourth-order valence-corrected chi connectivity index (χ4v) is 4.48. The summed E-state index contributed by atoms with van der Waals surface area (Å²) in [6.45, 7) is 6.14. The molecule has 0 aromatic heterocycles. The van der Waals surface area contributed by atoms with Crippen LogP contribution in [0.15, 0.2) is 24.3 Å². The zero-order chi connectivity index (χ0) is 14.8. The van der Waals surface area contributed by atoms with Gasteiger partial charge in [-0.2, -0.15) is 0 Å². The number of piperidine rings is 1. The number of hydrogen-bond donors (Lipinski definition) is 1. The largest absolute Gasteiger partial charge is 0.312 e. The van der Waals surface area contributed by atoms with Crippen molar-refractivity contribution in [1.82, 2.24) is 10.2 Å². The molecule has 1 aromatic rings. The zero-order valence-electron chi connectivity index (χ0n) is 13.8. The molecule has 2 heteroatoms. The topological polar surface area (TPSA) is 15.3 Å². The van der Waals surface area contributed by atoms with E-state index in [-0.39, 0.29) is 0 Å². The first-order chi connectivity index (χ1) is 10.2. The fraction of sp³-hybridized carbons (Fsp3) is 0.684. The second-order valence-electron chi connectivity index (χ2n) is 7.02. The van der Waals surface area contributed by atoms with Crippen LogP contribution in [0.1, 0.15) is 56.7 Å². The van der Waals surface area contributed by atoms with Gasteiger partial charge in [0.1, 0.15) is 0 Å². The van der Waals surface area contributed by atoms with Crippen LogP contribution in [-0.2, 0) is 6.42 Å². The predicted octanol–water partition coefficient (Wildman–Crippen LogP) is 3.77. The lowest BCUT2D eigenvalue weighted by Crippen LogP contribution is -2.52. The molecule has 2 aliphatic rings. The highest BCUT2D eigenvalue weighted by Gasteiger charge is 2.36. The third-order valence-electron chi connectivity index (χ3n) is 5.88. The van der Waals surface area contributed by atoms with Crippen molar-refractivity contribution in [2.75, 3.05) is 13.6 Å². The standard InChI is InChI=1S/C19H30N2/c1-14-8-7-13-21(15(14)2)18-12-6-10-16-9-4-5-11-17(16)19(18)20-3/h4-5,9,11,14-15,18-20H,6-8,10,12-13H2,1-3H3. The van der Waals surface area contributed by atoms with E-state index in [0.717, 1.165) is 5.92 Å². The molecule has 1 aromatic carbocycles. The molecule has 2 nitrogen and oxygen atoms in total. The maximum absolute atomic E-state index is 3.64. The van der Waals surface area contributed by atoms with Crippen molar-refractivity contribution < 1.29 is 0 Å². The number of rotatable bonds is 2. The molecule has 0 amide bonds. The summed E-state index contributed by atoms with van der Waals surface area (Å²) in [4.78, 5) is 2.80. The maximum atomic E-state index is 3.64. The Morgan fingerprint density at radius 2 is 1.90 bits per heavy atom. The van der Waals surface area contributed by atoms with Crippen molar-refractivity contribution in [1.29, 1.82) is 0 Å². The normalized spacial score (nSPS) is 34.2. The molecule has 0 spiro atoms. The number of nitrogens with one attached hydrogen (secondary N) is 1. The van der Waals surface area contributed by atoms with Crippen molar-refractivity contribution in [2.24, 2.45) is 5.92 Å². The van der Waals surface area contributed by atoms with E-state index in [1.165, 1.54) is 44.2 Å². The summed E-state index contributed by atoms with van der Waals surface area (Å²) in [7, 11) is 2.14. The van der Waals surface area contributed by atoms with E-state index in [4.69, 9.17) is 0 Å². The Morgan fingerprint density at radius 3 is 2.71 bits per heavy atom. The molecule has 1 fully saturated rings. The van der Waals surface area contributed by atoms with Crippen molar-refractivity contribution in [2.45, 2.75) is 64.1 Å². The maximum Gasteiger partial charge on any atom is 0.0478 e. The summed E-state index contributed by atoms with van der Waals surface area (Å²) in [6.07, 6.45) is 6.63. The van der Waals surface area contributed by atoms with Crippen LogP contribution in [0.3, 0.4) is 0 Å². The van der Waals surface area contributed by atoms with Crippen molar-refractivity contribution in [3.05, 3.63) is 35.4 Å². The van der Waals surface area contributed by atoms with Gasteiger partial charge in [0.2, 0.25) is 0 Å². The minimum absolute atomic E-state index is 0.483. The highest BCUT2D eigenvalue weighted by molar-refractivity contribution is 5.32. The molecule has 1 saturated heterocycles. The molecule has 0 saturated carbocycles. The number of benzene rings is 1. The number of nitrogens with zero attached hydrogens (tertiary/aromatic N) is 1. The predicted molar refractivity (Wildman–Crippen MR) is 89.5 cm³/mol. The van der Waals surface area contributed by atoms with Crippen LogP contribution in [0.25, 0.3) is 0 Å². The minimum atomic E-state index is 0.483. The molecular weight excluding hydrogens is 256 g/mol. The molecule has 4 atom stereocenters. The first-order valence-corrected chi connectivity index (χ1v) is 8.73. The highest BCUT2D eigenvalue weighted by Crippen LogP contribution is 2.35. The van der Waals surface area contributed by atoms with Crippen LogP contribution in [0.4, 0.5) is 0 Å². The average molecular weight is 286 g/mol. The van der Waals surface area contributed by atoms with Crippen molar-refractivity contribution in [3.63, 3.8) is 0 Å². The summed E-state index contributed by atoms with van der Waals surface area (Å²) in [5.41, 5.74) is 3.09. The van der Waals surface area contributed by atoms with Crippen molar-refractivity contribution >= 4 is 0 Å². The SMILES string of the molecule is CNC1c2ccccc2CCCC1N1CCCC(C)C1C. The van der Waals surface area contributed by atoms with Crippen LogP contribution in [-0.4, -0.2) is 30.6 Å². The van der Waals surface area contributed by atoms with E-state index in [2.05, 4.69) is 55.4 Å². The average Bonchev–Trinajstić information content (AvgIpc) is 2.69. The third-order valence-corrected chi connectivity index (χ3v) is 5.88. The summed E-state index contributed by atoms with van der Waals surface area (Å²) < 4.78 is 0. The Balaban J connectivity index is 1.91. The van der Waals surface area contributed by atoms with Gasteiger partial charge < -0.3 is 5.32 Å². The number of likely N-dealkylation sites (tertiary alicyclic amines) is 1. The van der Waals surface area contributed by atoms with Gasteiger partial charge in [-0.05, 0) is 69.7 Å². The number of likely N-dealkylation sites (N-methyl/N-ethyl adjacent to an activating group) is 1. The minimum Gasteiger partial charge on any atom is -0.312 e. The van der Waals surface area contributed by atoms with E-state index in [0.29, 0.717) is 18.1 Å². The Hall–Kier alpha value is -0.860. The van der Waals surface area contributed by atoms with Gasteiger partial charge >= 0.3 is 0 Å². The van der Waals surface area contributed by atoms with Gasteiger partial charge in [-0.1, -0.05) is 31.2 Å². The molecule has 1 aliphatic heterocycles. The number of hydrogen-bond acceptors (Lipinski definition) is 2. The molecule has 3 rings (SSSR count). The molecule has 21 heavy (non-hydrogen) atoms. The summed E-state index contributed by atoms with van der Waals surface area (Å²) in [5.74, 6) is 0.828. The fourth-order valence-electron chi connectivity index (χ4n) is 4.48. The number of fused-ring (bicyclic) bond motifs is 1. The quantitative estimate of drug-likeness (QED) is 0.833. The second kappa shape index (κ2) is 6.50. The summed E-state index contributed by atoms with van der Waals surface area (Å²) in [6, 6.07) is 10.9. The van der Waals surface area contributed by atoms with Crippen LogP contribution in [0.5, 0.6) is 0 Å². The molecule has 1 aliphatic carbocycles. The van der Waals surface area contributed by atoms with E-state index >= 15 is 0 Å². The Bertz CT molecular complexity index is 470. The Labute approximate surface area is 129 Å². The lowest BCUT2D eigenvalue weighted by molar-refractivity contribution is 0.0467. The van der Waals surface area contributed by atoms with Gasteiger partial charge in [0.05, 0.1) is 0 Å². The molecule has 1 heterocycles. The van der Waals surface area contributed by atoms with Crippen molar-refractivity contribution in [3.8, 4) is 0 Å². The molecule has 116 valence electrons. The van der Waals surface area contributed by atoms with Crippen LogP contribution >= 0.6 is 0 Å². The van der Waals surface area contributed by atoms with Gasteiger partial charge in [-0.3, -0.25) is 4.90 Å². The van der Waals surface area contributed by atoms with Crippen LogP contribution < -0.4 is 5.32 Å². The lowest BCUT2D eigenvalue weighted by atomic mass is 9.87. The van der Waals surface area contributed by atoms with E-state index in [9.17, 15) is 0 Å². The van der Waals surface area contributed by atoms with Gasteiger partial charge in [-0.25, -0.2) is 0 Å². The van der Waals surface area contributed by atoms with Crippen LogP contribution in [0, 0.1) is 5.92 Å². The third kappa shape index (κ3) is 2.89. The monoisotopic (exact) mass is 286 g/mol. The molecule has 0 bridgehead atoms.